The summed E-state index contributed by atoms with van der Waals surface area (Å²) < 4.78 is 5.28. The van der Waals surface area contributed by atoms with Crippen LogP contribution in [-0.2, 0) is 11.2 Å². The lowest BCUT2D eigenvalue weighted by Gasteiger charge is -2.15. The molecule has 2 nitrogen and oxygen atoms in total. The van der Waals surface area contributed by atoms with E-state index in [9.17, 15) is 4.79 Å². The smallest absolute Gasteiger partial charge is 0.140 e. The van der Waals surface area contributed by atoms with E-state index in [1.165, 1.54) is 12.8 Å². The molecular weight excluding hydrogens is 248 g/mol. The maximum Gasteiger partial charge on any atom is 0.140 e. The standard InChI is InChI=1S/C15H19ClO2/c1-10-4-3-5-13(10)14(17)9-11-8-12(16)6-7-15(11)18-2/h6-8,10,13H,3-5,9H2,1-2H3. The molecule has 2 unspecified atom stereocenters. The van der Waals surface area contributed by atoms with Gasteiger partial charge in [0.15, 0.2) is 0 Å². The maximum absolute atomic E-state index is 12.3. The van der Waals surface area contributed by atoms with E-state index in [1.807, 2.05) is 12.1 Å². The van der Waals surface area contributed by atoms with Gasteiger partial charge in [-0.05, 0) is 37.0 Å². The van der Waals surface area contributed by atoms with Gasteiger partial charge in [0, 0.05) is 22.9 Å². The van der Waals surface area contributed by atoms with Gasteiger partial charge in [0.2, 0.25) is 0 Å². The van der Waals surface area contributed by atoms with Gasteiger partial charge in [-0.2, -0.15) is 0 Å². The van der Waals surface area contributed by atoms with Crippen LogP contribution in [0.15, 0.2) is 18.2 Å². The van der Waals surface area contributed by atoms with Crippen LogP contribution in [0.5, 0.6) is 5.75 Å². The Morgan fingerprint density at radius 3 is 2.83 bits per heavy atom. The number of ether oxygens (including phenoxy) is 1. The van der Waals surface area contributed by atoms with E-state index in [2.05, 4.69) is 6.92 Å². The van der Waals surface area contributed by atoms with Crippen molar-refractivity contribution in [3.63, 3.8) is 0 Å². The van der Waals surface area contributed by atoms with E-state index >= 15 is 0 Å². The first kappa shape index (κ1) is 13.4. The van der Waals surface area contributed by atoms with Gasteiger partial charge >= 0.3 is 0 Å². The molecule has 2 atom stereocenters. The fourth-order valence-corrected chi connectivity index (χ4v) is 3.02. The number of Topliss-reactive ketones (excluding diaryl/α,β-unsaturated/α-hetero) is 1. The molecule has 1 aromatic carbocycles. The fourth-order valence-electron chi connectivity index (χ4n) is 2.83. The Labute approximate surface area is 113 Å². The Hall–Kier alpha value is -1.02. The second-order valence-electron chi connectivity index (χ2n) is 5.11. The van der Waals surface area contributed by atoms with Crippen molar-refractivity contribution < 1.29 is 9.53 Å². The van der Waals surface area contributed by atoms with Crippen molar-refractivity contribution in [2.24, 2.45) is 11.8 Å². The van der Waals surface area contributed by atoms with E-state index < -0.39 is 0 Å². The average molecular weight is 267 g/mol. The third-order valence-electron chi connectivity index (χ3n) is 3.88. The predicted octanol–water partition coefficient (Wildman–Crippen LogP) is 3.90. The summed E-state index contributed by atoms with van der Waals surface area (Å²) in [5.74, 6) is 1.80. The van der Waals surface area contributed by atoms with Crippen LogP contribution in [0.25, 0.3) is 0 Å². The highest BCUT2D eigenvalue weighted by molar-refractivity contribution is 6.30. The summed E-state index contributed by atoms with van der Waals surface area (Å²) in [4.78, 5) is 12.3. The van der Waals surface area contributed by atoms with Gasteiger partial charge in [0.05, 0.1) is 7.11 Å². The number of halogens is 1. The molecule has 18 heavy (non-hydrogen) atoms. The molecule has 3 heteroatoms. The fraction of sp³-hybridized carbons (Fsp3) is 0.533. The molecule has 0 aliphatic heterocycles. The van der Waals surface area contributed by atoms with E-state index in [1.54, 1.807) is 13.2 Å². The Morgan fingerprint density at radius 1 is 1.44 bits per heavy atom. The van der Waals surface area contributed by atoms with Crippen molar-refractivity contribution in [3.8, 4) is 5.75 Å². The van der Waals surface area contributed by atoms with E-state index in [0.29, 0.717) is 23.1 Å². The Kier molecular flexibility index (Phi) is 4.28. The van der Waals surface area contributed by atoms with Crippen molar-refractivity contribution >= 4 is 17.4 Å². The number of rotatable bonds is 4. The molecule has 1 saturated carbocycles. The molecule has 0 bridgehead atoms. The first-order chi connectivity index (χ1) is 8.61. The SMILES string of the molecule is COc1ccc(Cl)cc1CC(=O)C1CCCC1C. The number of hydrogen-bond donors (Lipinski definition) is 0. The van der Waals surface area contributed by atoms with Crippen molar-refractivity contribution in [1.82, 2.24) is 0 Å². The summed E-state index contributed by atoms with van der Waals surface area (Å²) in [6.45, 7) is 2.17. The summed E-state index contributed by atoms with van der Waals surface area (Å²) in [7, 11) is 1.62. The number of benzene rings is 1. The highest BCUT2D eigenvalue weighted by atomic mass is 35.5. The molecule has 0 saturated heterocycles. The van der Waals surface area contributed by atoms with E-state index in [0.717, 1.165) is 17.7 Å². The number of methoxy groups -OCH3 is 1. The van der Waals surface area contributed by atoms with Crippen LogP contribution in [0.1, 0.15) is 31.7 Å². The number of carbonyl (C=O) groups excluding carboxylic acids is 1. The van der Waals surface area contributed by atoms with Crippen LogP contribution in [0.2, 0.25) is 5.02 Å². The van der Waals surface area contributed by atoms with Gasteiger partial charge in [-0.3, -0.25) is 4.79 Å². The third kappa shape index (κ3) is 2.86. The van der Waals surface area contributed by atoms with Gasteiger partial charge in [-0.25, -0.2) is 0 Å². The van der Waals surface area contributed by atoms with Crippen molar-refractivity contribution in [2.45, 2.75) is 32.6 Å². The van der Waals surface area contributed by atoms with Gasteiger partial charge < -0.3 is 4.74 Å². The minimum absolute atomic E-state index is 0.216. The average Bonchev–Trinajstić information content (AvgIpc) is 2.76. The van der Waals surface area contributed by atoms with Crippen LogP contribution in [0.3, 0.4) is 0 Å². The van der Waals surface area contributed by atoms with Gasteiger partial charge in [0.25, 0.3) is 0 Å². The van der Waals surface area contributed by atoms with Gasteiger partial charge in [-0.1, -0.05) is 24.9 Å². The second kappa shape index (κ2) is 5.75. The van der Waals surface area contributed by atoms with Crippen molar-refractivity contribution in [2.75, 3.05) is 7.11 Å². The van der Waals surface area contributed by atoms with Gasteiger partial charge in [0.1, 0.15) is 11.5 Å². The summed E-state index contributed by atoms with van der Waals surface area (Å²) >= 11 is 5.98. The zero-order chi connectivity index (χ0) is 13.1. The molecule has 0 aromatic heterocycles. The quantitative estimate of drug-likeness (QED) is 0.826. The number of carbonyl (C=O) groups is 1. The van der Waals surface area contributed by atoms with Crippen LogP contribution in [0.4, 0.5) is 0 Å². The highest BCUT2D eigenvalue weighted by Gasteiger charge is 2.29. The molecule has 0 spiro atoms. The normalized spacial score (nSPS) is 23.1. The molecule has 1 aromatic rings. The summed E-state index contributed by atoms with van der Waals surface area (Å²) in [6, 6.07) is 5.44. The first-order valence-corrected chi connectivity index (χ1v) is 6.84. The lowest BCUT2D eigenvalue weighted by atomic mass is 9.90. The minimum atomic E-state index is 0.216. The summed E-state index contributed by atoms with van der Waals surface area (Å²) in [5.41, 5.74) is 0.897. The third-order valence-corrected chi connectivity index (χ3v) is 4.12. The molecular formula is C15H19ClO2. The molecule has 1 fully saturated rings. The Bertz CT molecular complexity index is 442. The number of ketones is 1. The van der Waals surface area contributed by atoms with Crippen LogP contribution in [0, 0.1) is 11.8 Å². The van der Waals surface area contributed by atoms with Gasteiger partial charge in [-0.15, -0.1) is 0 Å². The van der Waals surface area contributed by atoms with Crippen LogP contribution >= 0.6 is 11.6 Å². The van der Waals surface area contributed by atoms with Crippen LogP contribution < -0.4 is 4.74 Å². The second-order valence-corrected chi connectivity index (χ2v) is 5.55. The van der Waals surface area contributed by atoms with Crippen LogP contribution in [-0.4, -0.2) is 12.9 Å². The molecule has 2 rings (SSSR count). The Balaban J connectivity index is 2.13. The lowest BCUT2D eigenvalue weighted by molar-refractivity contribution is -0.123. The molecule has 1 aliphatic rings. The minimum Gasteiger partial charge on any atom is -0.496 e. The molecule has 98 valence electrons. The monoisotopic (exact) mass is 266 g/mol. The molecule has 0 N–H and O–H groups in total. The lowest BCUT2D eigenvalue weighted by Crippen LogP contribution is -2.19. The predicted molar refractivity (Wildman–Crippen MR) is 73.2 cm³/mol. The topological polar surface area (TPSA) is 26.3 Å². The molecule has 0 heterocycles. The summed E-state index contributed by atoms with van der Waals surface area (Å²) in [5, 5.41) is 0.651. The van der Waals surface area contributed by atoms with E-state index in [4.69, 9.17) is 16.3 Å². The zero-order valence-electron chi connectivity index (χ0n) is 10.9. The molecule has 0 radical (unpaired) electrons. The zero-order valence-corrected chi connectivity index (χ0v) is 11.7. The molecule has 1 aliphatic carbocycles. The first-order valence-electron chi connectivity index (χ1n) is 6.47. The number of hydrogen-bond acceptors (Lipinski definition) is 2. The maximum atomic E-state index is 12.3. The highest BCUT2D eigenvalue weighted by Crippen LogP contribution is 2.33. The molecule has 0 amide bonds. The largest absolute Gasteiger partial charge is 0.496 e. The summed E-state index contributed by atoms with van der Waals surface area (Å²) in [6.07, 6.45) is 3.80. The van der Waals surface area contributed by atoms with Crippen molar-refractivity contribution in [3.05, 3.63) is 28.8 Å². The van der Waals surface area contributed by atoms with Crippen molar-refractivity contribution in [1.29, 1.82) is 0 Å². The van der Waals surface area contributed by atoms with E-state index in [-0.39, 0.29) is 5.92 Å². The Morgan fingerprint density at radius 2 is 2.22 bits per heavy atom.